The smallest absolute Gasteiger partial charge is 0.122 e. The van der Waals surface area contributed by atoms with Crippen molar-refractivity contribution >= 4 is 31.9 Å². The fourth-order valence-electron chi connectivity index (χ4n) is 4.35. The molecular formula is C28H24Br2O2. The van der Waals surface area contributed by atoms with Crippen LogP contribution in [0.5, 0.6) is 11.5 Å². The van der Waals surface area contributed by atoms with Crippen molar-refractivity contribution in [3.05, 3.63) is 128 Å². The van der Waals surface area contributed by atoms with Crippen molar-refractivity contribution in [2.24, 2.45) is 0 Å². The minimum absolute atomic E-state index is 0.00579. The molecule has 0 aliphatic heterocycles. The summed E-state index contributed by atoms with van der Waals surface area (Å²) in [5.74, 6) is 1.65. The fourth-order valence-corrected chi connectivity index (χ4v) is 5.42. The van der Waals surface area contributed by atoms with Crippen LogP contribution in [0.4, 0.5) is 0 Å². The highest BCUT2D eigenvalue weighted by atomic mass is 79.9. The Morgan fingerprint density at radius 3 is 1.16 bits per heavy atom. The van der Waals surface area contributed by atoms with Crippen molar-refractivity contribution in [1.82, 2.24) is 0 Å². The normalized spacial score (nSPS) is 11.1. The lowest BCUT2D eigenvalue weighted by atomic mass is 9.73. The molecule has 4 heteroatoms. The largest absolute Gasteiger partial charge is 0.496 e. The SMILES string of the molecule is COc1ccccc1C(c1ccccc1OC)C(c1ccccc1Br)c1ccccc1Br. The van der Waals surface area contributed by atoms with Crippen LogP contribution in [-0.4, -0.2) is 14.2 Å². The lowest BCUT2D eigenvalue weighted by Gasteiger charge is -2.32. The molecule has 0 amide bonds. The third kappa shape index (κ3) is 4.48. The zero-order valence-corrected chi connectivity index (χ0v) is 21.1. The summed E-state index contributed by atoms with van der Waals surface area (Å²) < 4.78 is 13.8. The molecule has 0 aliphatic rings. The van der Waals surface area contributed by atoms with Gasteiger partial charge in [-0.1, -0.05) is 105 Å². The van der Waals surface area contributed by atoms with Gasteiger partial charge < -0.3 is 9.47 Å². The van der Waals surface area contributed by atoms with Crippen LogP contribution >= 0.6 is 31.9 Å². The minimum atomic E-state index is -0.0558. The van der Waals surface area contributed by atoms with E-state index < -0.39 is 0 Å². The van der Waals surface area contributed by atoms with Gasteiger partial charge in [-0.25, -0.2) is 0 Å². The number of para-hydroxylation sites is 2. The zero-order valence-electron chi connectivity index (χ0n) is 18.0. The van der Waals surface area contributed by atoms with E-state index in [1.54, 1.807) is 14.2 Å². The summed E-state index contributed by atoms with van der Waals surface area (Å²) in [6.45, 7) is 0. The molecule has 0 saturated carbocycles. The maximum Gasteiger partial charge on any atom is 0.122 e. The van der Waals surface area contributed by atoms with Crippen LogP contribution in [0.3, 0.4) is 0 Å². The van der Waals surface area contributed by atoms with Gasteiger partial charge in [0.05, 0.1) is 14.2 Å². The molecule has 32 heavy (non-hydrogen) atoms. The molecule has 0 aromatic heterocycles. The Balaban J connectivity index is 2.08. The van der Waals surface area contributed by atoms with Crippen molar-refractivity contribution in [2.75, 3.05) is 14.2 Å². The Morgan fingerprint density at radius 1 is 0.469 bits per heavy atom. The molecule has 4 rings (SSSR count). The van der Waals surface area contributed by atoms with Crippen LogP contribution in [-0.2, 0) is 0 Å². The Hall–Kier alpha value is -2.56. The van der Waals surface area contributed by atoms with E-state index in [9.17, 15) is 0 Å². The lowest BCUT2D eigenvalue weighted by molar-refractivity contribution is 0.397. The van der Waals surface area contributed by atoms with Gasteiger partial charge in [-0.15, -0.1) is 0 Å². The topological polar surface area (TPSA) is 18.5 Å². The van der Waals surface area contributed by atoms with Gasteiger partial charge in [0, 0.05) is 31.9 Å². The van der Waals surface area contributed by atoms with Crippen LogP contribution in [0.25, 0.3) is 0 Å². The molecule has 0 N–H and O–H groups in total. The Labute approximate surface area is 206 Å². The van der Waals surface area contributed by atoms with E-state index in [-0.39, 0.29) is 11.8 Å². The summed E-state index contributed by atoms with van der Waals surface area (Å²) in [5, 5.41) is 0. The van der Waals surface area contributed by atoms with Crippen molar-refractivity contribution in [3.8, 4) is 11.5 Å². The average Bonchev–Trinajstić information content (AvgIpc) is 2.84. The molecule has 0 saturated heterocycles. The van der Waals surface area contributed by atoms with Crippen LogP contribution < -0.4 is 9.47 Å². The van der Waals surface area contributed by atoms with E-state index in [0.717, 1.165) is 31.6 Å². The first kappa shape index (κ1) is 22.6. The molecule has 4 aromatic rings. The quantitative estimate of drug-likeness (QED) is 0.230. The van der Waals surface area contributed by atoms with Crippen LogP contribution in [0.2, 0.25) is 0 Å². The Kier molecular flexibility index (Phi) is 7.33. The predicted molar refractivity (Wildman–Crippen MR) is 138 cm³/mol. The van der Waals surface area contributed by atoms with E-state index in [1.165, 1.54) is 11.1 Å². The summed E-state index contributed by atoms with van der Waals surface area (Å²) in [6.07, 6.45) is 0. The molecule has 0 aliphatic carbocycles. The molecule has 0 unspecified atom stereocenters. The van der Waals surface area contributed by atoms with Gasteiger partial charge in [0.2, 0.25) is 0 Å². The van der Waals surface area contributed by atoms with Gasteiger partial charge >= 0.3 is 0 Å². The summed E-state index contributed by atoms with van der Waals surface area (Å²) in [5.41, 5.74) is 4.61. The summed E-state index contributed by atoms with van der Waals surface area (Å²) >= 11 is 7.65. The van der Waals surface area contributed by atoms with Crippen molar-refractivity contribution in [3.63, 3.8) is 0 Å². The molecule has 0 heterocycles. The average molecular weight is 552 g/mol. The molecule has 0 fully saturated rings. The maximum absolute atomic E-state index is 5.84. The highest BCUT2D eigenvalue weighted by molar-refractivity contribution is 9.10. The standard InChI is InChI=1S/C28H24Br2O2/c1-31-25-17-9-5-13-21(25)28(22-14-6-10-18-26(22)32-2)27(19-11-3-7-15-23(19)29)20-12-4-8-16-24(20)30/h3-18,27-28H,1-2H3. The van der Waals surface area contributed by atoms with Crippen molar-refractivity contribution < 1.29 is 9.47 Å². The zero-order chi connectivity index (χ0) is 22.5. The number of ether oxygens (including phenoxy) is 2. The third-order valence-electron chi connectivity index (χ3n) is 5.76. The van der Waals surface area contributed by atoms with Gasteiger partial charge in [0.1, 0.15) is 11.5 Å². The van der Waals surface area contributed by atoms with E-state index in [1.807, 2.05) is 36.4 Å². The number of methoxy groups -OCH3 is 2. The monoisotopic (exact) mass is 550 g/mol. The third-order valence-corrected chi connectivity index (χ3v) is 7.21. The first-order valence-electron chi connectivity index (χ1n) is 10.4. The maximum atomic E-state index is 5.84. The highest BCUT2D eigenvalue weighted by Gasteiger charge is 2.34. The van der Waals surface area contributed by atoms with Crippen molar-refractivity contribution in [1.29, 1.82) is 0 Å². The number of hydrogen-bond donors (Lipinski definition) is 0. The lowest BCUT2D eigenvalue weighted by Crippen LogP contribution is -2.17. The second-order valence-electron chi connectivity index (χ2n) is 7.48. The number of benzene rings is 4. The number of rotatable bonds is 7. The molecule has 162 valence electrons. The first-order chi connectivity index (χ1) is 15.7. The summed E-state index contributed by atoms with van der Waals surface area (Å²) in [6, 6.07) is 33.3. The molecule has 0 radical (unpaired) electrons. The molecule has 4 aromatic carbocycles. The van der Waals surface area contributed by atoms with Gasteiger partial charge in [0.15, 0.2) is 0 Å². The van der Waals surface area contributed by atoms with E-state index in [0.29, 0.717) is 0 Å². The number of hydrogen-bond acceptors (Lipinski definition) is 2. The molecule has 2 nitrogen and oxygen atoms in total. The number of halogens is 2. The predicted octanol–water partition coefficient (Wildman–Crippen LogP) is 8.19. The Bertz CT molecular complexity index is 1110. The molecular weight excluding hydrogens is 528 g/mol. The van der Waals surface area contributed by atoms with Crippen LogP contribution in [0.15, 0.2) is 106 Å². The van der Waals surface area contributed by atoms with Gasteiger partial charge in [-0.2, -0.15) is 0 Å². The second-order valence-corrected chi connectivity index (χ2v) is 9.19. The van der Waals surface area contributed by atoms with E-state index >= 15 is 0 Å². The van der Waals surface area contributed by atoms with Crippen molar-refractivity contribution in [2.45, 2.75) is 11.8 Å². The highest BCUT2D eigenvalue weighted by Crippen LogP contribution is 2.50. The van der Waals surface area contributed by atoms with E-state index in [2.05, 4.69) is 92.5 Å². The molecule has 0 spiro atoms. The van der Waals surface area contributed by atoms with E-state index in [4.69, 9.17) is 9.47 Å². The van der Waals surface area contributed by atoms with Gasteiger partial charge in [-0.3, -0.25) is 0 Å². The van der Waals surface area contributed by atoms with Crippen LogP contribution in [0, 0.1) is 0 Å². The van der Waals surface area contributed by atoms with Crippen LogP contribution in [0.1, 0.15) is 34.1 Å². The second kappa shape index (κ2) is 10.4. The van der Waals surface area contributed by atoms with Gasteiger partial charge in [-0.05, 0) is 35.4 Å². The molecule has 0 atom stereocenters. The summed E-state index contributed by atoms with van der Waals surface area (Å²) in [7, 11) is 3.45. The first-order valence-corrected chi connectivity index (χ1v) is 12.0. The minimum Gasteiger partial charge on any atom is -0.496 e. The Morgan fingerprint density at radius 2 is 0.781 bits per heavy atom. The summed E-state index contributed by atoms with van der Waals surface area (Å²) in [4.78, 5) is 0. The molecule has 0 bridgehead atoms. The van der Waals surface area contributed by atoms with Gasteiger partial charge in [0.25, 0.3) is 0 Å². The fraction of sp³-hybridized carbons (Fsp3) is 0.143.